The molecule has 0 N–H and O–H groups in total. The molecule has 0 saturated carbocycles. The minimum Gasteiger partial charge on any atom is -0.465 e. The molecule has 1 aromatic carbocycles. The Hall–Kier alpha value is -2.50. The highest BCUT2D eigenvalue weighted by atomic mass is 32.2. The topological polar surface area (TPSA) is 93.1 Å². The Morgan fingerprint density at radius 1 is 1.27 bits per heavy atom. The number of amides is 1. The van der Waals surface area contributed by atoms with Crippen molar-refractivity contribution in [1.29, 1.82) is 0 Å². The van der Waals surface area contributed by atoms with Crippen LogP contribution in [0, 0.1) is 11.8 Å². The van der Waals surface area contributed by atoms with Crippen LogP contribution in [0.3, 0.4) is 0 Å². The predicted molar refractivity (Wildman–Crippen MR) is 99.5 cm³/mol. The van der Waals surface area contributed by atoms with E-state index in [-0.39, 0.29) is 11.5 Å². The van der Waals surface area contributed by atoms with E-state index in [1.54, 1.807) is 24.3 Å². The van der Waals surface area contributed by atoms with Crippen LogP contribution in [0.5, 0.6) is 0 Å². The average Bonchev–Trinajstić information content (AvgIpc) is 2.60. The van der Waals surface area contributed by atoms with Gasteiger partial charge in [0.15, 0.2) is 0 Å². The summed E-state index contributed by atoms with van der Waals surface area (Å²) >= 11 is 0. The van der Waals surface area contributed by atoms with Gasteiger partial charge in [0.1, 0.15) is 5.71 Å². The van der Waals surface area contributed by atoms with Crippen LogP contribution in [-0.4, -0.2) is 57.3 Å². The molecule has 1 rings (SSSR count). The Morgan fingerprint density at radius 2 is 1.96 bits per heavy atom. The van der Waals surface area contributed by atoms with Crippen LogP contribution in [0.2, 0.25) is 0 Å². The fourth-order valence-electron chi connectivity index (χ4n) is 1.83. The molecule has 26 heavy (non-hydrogen) atoms. The van der Waals surface area contributed by atoms with Crippen LogP contribution in [0.25, 0.3) is 0 Å². The third-order valence-corrected chi connectivity index (χ3v) is 5.27. The molecule has 0 atom stereocenters. The van der Waals surface area contributed by atoms with Crippen LogP contribution in [-0.2, 0) is 19.6 Å². The van der Waals surface area contributed by atoms with Crippen LogP contribution in [0.1, 0.15) is 35.7 Å². The van der Waals surface area contributed by atoms with Gasteiger partial charge in [0.25, 0.3) is 5.91 Å². The van der Waals surface area contributed by atoms with E-state index in [0.717, 1.165) is 0 Å². The maximum atomic E-state index is 12.1. The maximum Gasteiger partial charge on any atom is 0.352 e. The zero-order valence-corrected chi connectivity index (χ0v) is 16.1. The molecule has 140 valence electrons. The monoisotopic (exact) mass is 378 g/mol. The Kier molecular flexibility index (Phi) is 8.16. The minimum atomic E-state index is -3.21. The lowest BCUT2D eigenvalue weighted by Crippen LogP contribution is -2.24. The molecule has 0 fully saturated rings. The van der Waals surface area contributed by atoms with E-state index >= 15 is 0 Å². The number of hydrogen-bond donors (Lipinski definition) is 0. The first-order valence-corrected chi connectivity index (χ1v) is 9.45. The van der Waals surface area contributed by atoms with Gasteiger partial charge in [0, 0.05) is 31.6 Å². The van der Waals surface area contributed by atoms with Crippen molar-refractivity contribution in [3.05, 3.63) is 35.4 Å². The lowest BCUT2D eigenvalue weighted by molar-refractivity contribution is -0.132. The molecule has 1 amide bonds. The molecule has 7 nitrogen and oxygen atoms in total. The van der Waals surface area contributed by atoms with Gasteiger partial charge in [-0.15, -0.1) is 0 Å². The summed E-state index contributed by atoms with van der Waals surface area (Å²) in [6, 6.07) is 6.54. The summed E-state index contributed by atoms with van der Waals surface area (Å²) in [6.45, 7) is 1.40. The molecule has 0 aromatic heterocycles. The molecule has 0 radical (unpaired) electrons. The van der Waals surface area contributed by atoms with Crippen molar-refractivity contribution in [2.24, 2.45) is 4.99 Å². The van der Waals surface area contributed by atoms with Crippen molar-refractivity contribution in [2.75, 3.05) is 27.0 Å². The Morgan fingerprint density at radius 3 is 2.58 bits per heavy atom. The second-order valence-electron chi connectivity index (χ2n) is 5.58. The first-order chi connectivity index (χ1) is 12.2. The van der Waals surface area contributed by atoms with E-state index in [2.05, 4.69) is 21.6 Å². The number of rotatable bonds is 6. The van der Waals surface area contributed by atoms with Crippen LogP contribution in [0.4, 0.5) is 0 Å². The highest BCUT2D eigenvalue weighted by molar-refractivity contribution is 7.89. The summed E-state index contributed by atoms with van der Waals surface area (Å²) in [7, 11) is 0.988. The quantitative estimate of drug-likeness (QED) is 0.324. The van der Waals surface area contributed by atoms with Crippen molar-refractivity contribution in [2.45, 2.75) is 19.8 Å². The molecule has 0 spiro atoms. The normalized spacial score (nSPS) is 11.7. The molecule has 1 aromatic rings. The number of aliphatic imine (C=N–C) groups is 1. The number of hydrogen-bond acceptors (Lipinski definition) is 5. The number of carbonyl (C=O) groups excluding carboxylic acids is 2. The number of benzene rings is 1. The smallest absolute Gasteiger partial charge is 0.352 e. The molecular formula is C18H22N2O5S. The van der Waals surface area contributed by atoms with Gasteiger partial charge in [0.05, 0.1) is 12.9 Å². The molecule has 0 saturated heterocycles. The van der Waals surface area contributed by atoms with Gasteiger partial charge in [-0.3, -0.25) is 4.79 Å². The number of ether oxygens (including phenoxy) is 1. The van der Waals surface area contributed by atoms with E-state index in [4.69, 9.17) is 0 Å². The van der Waals surface area contributed by atoms with E-state index in [9.17, 15) is 18.0 Å². The minimum absolute atomic E-state index is 0.0314. The zero-order valence-electron chi connectivity index (χ0n) is 15.3. The molecule has 8 heteroatoms. The first-order valence-electron chi connectivity index (χ1n) is 7.84. The van der Waals surface area contributed by atoms with Gasteiger partial charge in [0.2, 0.25) is 10.0 Å². The maximum absolute atomic E-state index is 12.1. The standard InChI is InChI=1S/C18H22N2O5S/c1-14(18(22)25-4)19-17(21)16-11-8-10-15(13-16)9-6-5-7-12-26(23,24)20(2)3/h8,10-11,13H,5,7,12H2,1-4H3. The zero-order chi connectivity index (χ0) is 19.7. The largest absolute Gasteiger partial charge is 0.465 e. The number of nitrogens with zero attached hydrogens (tertiary/aromatic N) is 2. The third kappa shape index (κ3) is 6.78. The highest BCUT2D eigenvalue weighted by Gasteiger charge is 2.12. The Bertz CT molecular complexity index is 861. The van der Waals surface area contributed by atoms with Gasteiger partial charge in [-0.1, -0.05) is 17.9 Å². The SMILES string of the molecule is COC(=O)C(C)=NC(=O)c1cccc(C#CCCCS(=O)(=O)N(C)C)c1. The number of carbonyl (C=O) groups is 2. The Labute approximate surface area is 154 Å². The third-order valence-electron chi connectivity index (χ3n) is 3.35. The van der Waals surface area contributed by atoms with Gasteiger partial charge >= 0.3 is 5.97 Å². The number of esters is 1. The summed E-state index contributed by atoms with van der Waals surface area (Å²) < 4.78 is 29.0. The van der Waals surface area contributed by atoms with E-state index < -0.39 is 21.9 Å². The highest BCUT2D eigenvalue weighted by Crippen LogP contribution is 2.07. The van der Waals surface area contributed by atoms with E-state index in [1.807, 2.05) is 0 Å². The molecule has 0 aliphatic rings. The average molecular weight is 378 g/mol. The van der Waals surface area contributed by atoms with E-state index in [0.29, 0.717) is 24.0 Å². The number of sulfonamides is 1. The van der Waals surface area contributed by atoms with Gasteiger partial charge in [-0.25, -0.2) is 22.5 Å². The summed E-state index contributed by atoms with van der Waals surface area (Å²) in [5.41, 5.74) is 0.878. The summed E-state index contributed by atoms with van der Waals surface area (Å²) in [6.07, 6.45) is 0.847. The molecule has 0 bridgehead atoms. The van der Waals surface area contributed by atoms with Gasteiger partial charge in [-0.2, -0.15) is 0 Å². The van der Waals surface area contributed by atoms with Crippen molar-refractivity contribution in [3.63, 3.8) is 0 Å². The van der Waals surface area contributed by atoms with Crippen molar-refractivity contribution in [1.82, 2.24) is 4.31 Å². The number of methoxy groups -OCH3 is 1. The molecule has 0 unspecified atom stereocenters. The molecule has 0 aliphatic carbocycles. The van der Waals surface area contributed by atoms with Crippen molar-refractivity contribution in [3.8, 4) is 11.8 Å². The first kappa shape index (κ1) is 21.5. The van der Waals surface area contributed by atoms with E-state index in [1.165, 1.54) is 32.4 Å². The molecule has 0 heterocycles. The summed E-state index contributed by atoms with van der Waals surface area (Å²) in [5, 5.41) is 0. The molecule has 0 aliphatic heterocycles. The van der Waals surface area contributed by atoms with Crippen LogP contribution in [0.15, 0.2) is 29.3 Å². The summed E-state index contributed by atoms with van der Waals surface area (Å²) in [4.78, 5) is 27.0. The fraction of sp³-hybridized carbons (Fsp3) is 0.389. The second kappa shape index (κ2) is 9.85. The predicted octanol–water partition coefficient (Wildman–Crippen LogP) is 1.48. The summed E-state index contributed by atoms with van der Waals surface area (Å²) in [5.74, 6) is 4.60. The fourth-order valence-corrected chi connectivity index (χ4v) is 2.70. The lowest BCUT2D eigenvalue weighted by atomic mass is 10.1. The lowest BCUT2D eigenvalue weighted by Gasteiger charge is -2.09. The molecular weight excluding hydrogens is 356 g/mol. The van der Waals surface area contributed by atoms with Gasteiger partial charge in [-0.05, 0) is 31.5 Å². The van der Waals surface area contributed by atoms with Crippen LogP contribution >= 0.6 is 0 Å². The van der Waals surface area contributed by atoms with Crippen LogP contribution < -0.4 is 0 Å². The van der Waals surface area contributed by atoms with Crippen molar-refractivity contribution >= 4 is 27.6 Å². The van der Waals surface area contributed by atoms with Crippen molar-refractivity contribution < 1.29 is 22.7 Å². The van der Waals surface area contributed by atoms with Gasteiger partial charge < -0.3 is 4.74 Å². The second-order valence-corrected chi connectivity index (χ2v) is 7.88. The Balaban J connectivity index is 2.74. The number of unbranched alkanes of at least 4 members (excludes halogenated alkanes) is 1.